The summed E-state index contributed by atoms with van der Waals surface area (Å²) in [4.78, 5) is 18.8. The zero-order valence-electron chi connectivity index (χ0n) is 15.1. The van der Waals surface area contributed by atoms with E-state index in [4.69, 9.17) is 0 Å². The maximum atomic E-state index is 13.9. The van der Waals surface area contributed by atoms with Crippen molar-refractivity contribution in [1.29, 1.82) is 0 Å². The number of amidine groups is 1. The molecule has 4 nitrogen and oxygen atoms in total. The van der Waals surface area contributed by atoms with Crippen LogP contribution in [-0.4, -0.2) is 27.6 Å². The number of hydrogen-bond donors (Lipinski definition) is 1. The molecular weight excluding hydrogens is 370 g/mol. The van der Waals surface area contributed by atoms with Gasteiger partial charge in [-0.1, -0.05) is 0 Å². The Morgan fingerprint density at radius 2 is 1.85 bits per heavy atom. The number of amides is 1. The zero-order valence-corrected chi connectivity index (χ0v) is 15.9. The average Bonchev–Trinajstić information content (AvgIpc) is 2.90. The van der Waals surface area contributed by atoms with E-state index < -0.39 is 11.6 Å². The average molecular weight is 388 g/mol. The Labute approximate surface area is 160 Å². The number of carbonyl (C=O) groups excluding carboxylic acids is 1. The summed E-state index contributed by atoms with van der Waals surface area (Å²) in [5.74, 6) is -1.47. The van der Waals surface area contributed by atoms with E-state index in [9.17, 15) is 18.7 Å². The topological polar surface area (TPSA) is 52.9 Å². The first-order chi connectivity index (χ1) is 12.8. The number of aromatic hydroxyl groups is 1. The number of benzene rings is 2. The molecule has 0 unspecified atom stereocenters. The first kappa shape index (κ1) is 19.1. The molecule has 7 heteroatoms. The molecule has 0 atom stereocenters. The first-order valence-electron chi connectivity index (χ1n) is 8.35. The van der Waals surface area contributed by atoms with Crippen LogP contribution in [0.15, 0.2) is 40.2 Å². The van der Waals surface area contributed by atoms with Crippen molar-refractivity contribution in [3.63, 3.8) is 0 Å². The molecule has 27 heavy (non-hydrogen) atoms. The van der Waals surface area contributed by atoms with Crippen LogP contribution in [0.25, 0.3) is 6.08 Å². The molecule has 0 aliphatic carbocycles. The highest BCUT2D eigenvalue weighted by Crippen LogP contribution is 2.35. The summed E-state index contributed by atoms with van der Waals surface area (Å²) in [6, 6.07) is 6.70. The summed E-state index contributed by atoms with van der Waals surface area (Å²) in [7, 11) is 0. The number of carbonyl (C=O) groups is 1. The van der Waals surface area contributed by atoms with Crippen molar-refractivity contribution in [2.24, 2.45) is 4.99 Å². The molecule has 0 spiro atoms. The van der Waals surface area contributed by atoms with Gasteiger partial charge in [0.05, 0.1) is 4.91 Å². The maximum absolute atomic E-state index is 13.9. The van der Waals surface area contributed by atoms with Crippen LogP contribution in [0, 0.1) is 25.5 Å². The Morgan fingerprint density at radius 3 is 2.44 bits per heavy atom. The van der Waals surface area contributed by atoms with Crippen molar-refractivity contribution < 1.29 is 18.7 Å². The van der Waals surface area contributed by atoms with Gasteiger partial charge in [0.2, 0.25) is 0 Å². The van der Waals surface area contributed by atoms with E-state index in [1.807, 2.05) is 0 Å². The Hall–Kier alpha value is -2.67. The van der Waals surface area contributed by atoms with Gasteiger partial charge in [0, 0.05) is 12.6 Å². The molecule has 3 rings (SSSR count). The highest BCUT2D eigenvalue weighted by molar-refractivity contribution is 8.18. The van der Waals surface area contributed by atoms with E-state index in [0.717, 1.165) is 29.5 Å². The number of thioether (sulfide) groups is 1. The predicted molar refractivity (Wildman–Crippen MR) is 104 cm³/mol. The van der Waals surface area contributed by atoms with Crippen LogP contribution in [-0.2, 0) is 4.79 Å². The van der Waals surface area contributed by atoms with Gasteiger partial charge in [-0.3, -0.25) is 9.69 Å². The van der Waals surface area contributed by atoms with E-state index in [1.165, 1.54) is 11.0 Å². The van der Waals surface area contributed by atoms with Gasteiger partial charge in [-0.2, -0.15) is 0 Å². The minimum Gasteiger partial charge on any atom is -0.507 e. The number of phenolic OH excluding ortho intramolecular Hbond substituents is 1. The summed E-state index contributed by atoms with van der Waals surface area (Å²) < 4.78 is 27.0. The molecular formula is C20H18F2N2O2S. The van der Waals surface area contributed by atoms with Crippen molar-refractivity contribution in [1.82, 2.24) is 4.90 Å². The number of aliphatic imine (C=N–C) groups is 1. The van der Waals surface area contributed by atoms with Gasteiger partial charge in [-0.25, -0.2) is 13.8 Å². The van der Waals surface area contributed by atoms with Crippen LogP contribution in [0.4, 0.5) is 14.5 Å². The second-order valence-electron chi connectivity index (χ2n) is 6.15. The lowest BCUT2D eigenvalue weighted by atomic mass is 10.1. The summed E-state index contributed by atoms with van der Waals surface area (Å²) in [6.45, 7) is 5.75. The number of phenols is 1. The number of hydrogen-bond acceptors (Lipinski definition) is 4. The molecule has 140 valence electrons. The molecule has 1 aliphatic rings. The van der Waals surface area contributed by atoms with Gasteiger partial charge >= 0.3 is 0 Å². The standard InChI is InChI=1S/C20H18F2N2O2S/c1-4-24-19(26)17(9-13-7-11(2)18(25)12(3)8-13)27-20(24)23-16-6-5-14(21)10-15(16)22/h5-10,25H,4H2,1-3H3/b17-9+,23-20?. The number of nitrogens with zero attached hydrogens (tertiary/aromatic N) is 2. The highest BCUT2D eigenvalue weighted by Gasteiger charge is 2.32. The number of aryl methyl sites for hydroxylation is 2. The molecule has 0 saturated carbocycles. The minimum atomic E-state index is -0.784. The maximum Gasteiger partial charge on any atom is 0.266 e. The van der Waals surface area contributed by atoms with Gasteiger partial charge in [-0.15, -0.1) is 0 Å². The van der Waals surface area contributed by atoms with Crippen LogP contribution in [0.2, 0.25) is 0 Å². The van der Waals surface area contributed by atoms with Gasteiger partial charge in [0.1, 0.15) is 17.3 Å². The van der Waals surface area contributed by atoms with Crippen LogP contribution in [0.5, 0.6) is 5.75 Å². The summed E-state index contributed by atoms with van der Waals surface area (Å²) in [6.07, 6.45) is 1.72. The molecule has 1 heterocycles. The van der Waals surface area contributed by atoms with Crippen molar-refractivity contribution >= 4 is 34.6 Å². The smallest absolute Gasteiger partial charge is 0.266 e. The monoisotopic (exact) mass is 388 g/mol. The van der Waals surface area contributed by atoms with E-state index in [-0.39, 0.29) is 17.3 Å². The van der Waals surface area contributed by atoms with E-state index in [2.05, 4.69) is 4.99 Å². The third-order valence-corrected chi connectivity index (χ3v) is 5.15. The third-order valence-electron chi connectivity index (χ3n) is 4.14. The fraction of sp³-hybridized carbons (Fsp3) is 0.200. The molecule has 1 amide bonds. The lowest BCUT2D eigenvalue weighted by Crippen LogP contribution is -2.28. The summed E-state index contributed by atoms with van der Waals surface area (Å²) in [5.41, 5.74) is 2.19. The second kappa shape index (κ2) is 7.52. The fourth-order valence-electron chi connectivity index (χ4n) is 2.77. The van der Waals surface area contributed by atoms with Crippen LogP contribution < -0.4 is 0 Å². The van der Waals surface area contributed by atoms with E-state index in [0.29, 0.717) is 27.7 Å². The predicted octanol–water partition coefficient (Wildman–Crippen LogP) is 4.91. The Bertz CT molecular complexity index is 963. The largest absolute Gasteiger partial charge is 0.507 e. The summed E-state index contributed by atoms with van der Waals surface area (Å²) >= 11 is 1.13. The second-order valence-corrected chi connectivity index (χ2v) is 7.16. The van der Waals surface area contributed by atoms with Gasteiger partial charge in [0.15, 0.2) is 11.0 Å². The van der Waals surface area contributed by atoms with Crippen molar-refractivity contribution in [3.05, 3.63) is 63.6 Å². The normalized spacial score (nSPS) is 17.4. The molecule has 0 bridgehead atoms. The number of halogens is 2. The first-order valence-corrected chi connectivity index (χ1v) is 9.17. The molecule has 0 radical (unpaired) electrons. The Morgan fingerprint density at radius 1 is 1.19 bits per heavy atom. The SMILES string of the molecule is CCN1C(=O)/C(=C\c2cc(C)c(O)c(C)c2)SC1=Nc1ccc(F)cc1F. The Kier molecular flexibility index (Phi) is 5.32. The van der Waals surface area contributed by atoms with Crippen LogP contribution >= 0.6 is 11.8 Å². The highest BCUT2D eigenvalue weighted by atomic mass is 32.2. The molecule has 2 aromatic carbocycles. The lowest BCUT2D eigenvalue weighted by molar-refractivity contribution is -0.122. The van der Waals surface area contributed by atoms with Gasteiger partial charge < -0.3 is 5.11 Å². The molecule has 1 fully saturated rings. The van der Waals surface area contributed by atoms with Gasteiger partial charge in [0.25, 0.3) is 5.91 Å². The molecule has 1 N–H and O–H groups in total. The fourth-order valence-corrected chi connectivity index (χ4v) is 3.82. The number of likely N-dealkylation sites (N-methyl/N-ethyl adjacent to an activating group) is 1. The quantitative estimate of drug-likeness (QED) is 0.760. The third kappa shape index (κ3) is 3.88. The van der Waals surface area contributed by atoms with Crippen molar-refractivity contribution in [2.75, 3.05) is 6.54 Å². The lowest BCUT2D eigenvalue weighted by Gasteiger charge is -2.12. The molecule has 0 aromatic heterocycles. The van der Waals surface area contributed by atoms with E-state index >= 15 is 0 Å². The molecule has 1 aliphatic heterocycles. The van der Waals surface area contributed by atoms with Crippen LogP contribution in [0.3, 0.4) is 0 Å². The van der Waals surface area contributed by atoms with Crippen molar-refractivity contribution in [3.8, 4) is 5.75 Å². The van der Waals surface area contributed by atoms with Crippen LogP contribution in [0.1, 0.15) is 23.6 Å². The van der Waals surface area contributed by atoms with Gasteiger partial charge in [-0.05, 0) is 79.6 Å². The van der Waals surface area contributed by atoms with Crippen molar-refractivity contribution in [2.45, 2.75) is 20.8 Å². The summed E-state index contributed by atoms with van der Waals surface area (Å²) in [5, 5.41) is 10.2. The Balaban J connectivity index is 1.98. The number of rotatable bonds is 3. The molecule has 1 saturated heterocycles. The van der Waals surface area contributed by atoms with E-state index in [1.54, 1.807) is 39.0 Å². The minimum absolute atomic E-state index is 0.0253. The molecule has 2 aromatic rings. The zero-order chi connectivity index (χ0) is 19.7.